The lowest BCUT2D eigenvalue weighted by molar-refractivity contribution is 0.106. The third kappa shape index (κ3) is 6.57. The molecule has 0 saturated carbocycles. The molecule has 0 radical (unpaired) electrons. The Morgan fingerprint density at radius 3 is 2.60 bits per heavy atom. The van der Waals surface area contributed by atoms with Crippen molar-refractivity contribution in [3.8, 4) is 17.2 Å². The average Bonchev–Trinajstić information content (AvgIpc) is 2.63. The molecule has 0 bridgehead atoms. The highest BCUT2D eigenvalue weighted by Crippen LogP contribution is 2.27. The molecule has 2 rings (SSSR count). The topological polar surface area (TPSA) is 60.0 Å². The van der Waals surface area contributed by atoms with Gasteiger partial charge in [-0.1, -0.05) is 28.1 Å². The van der Waals surface area contributed by atoms with Gasteiger partial charge < -0.3 is 24.6 Å². The number of aliphatic hydroxyl groups is 1. The van der Waals surface area contributed by atoms with Crippen molar-refractivity contribution in [2.24, 2.45) is 0 Å². The maximum absolute atomic E-state index is 9.99. The van der Waals surface area contributed by atoms with Crippen molar-refractivity contribution in [2.45, 2.75) is 12.5 Å². The predicted octanol–water partition coefficient (Wildman–Crippen LogP) is 3.04. The van der Waals surface area contributed by atoms with E-state index in [0.29, 0.717) is 6.54 Å². The molecule has 5 nitrogen and oxygen atoms in total. The molecule has 0 aromatic heterocycles. The first-order chi connectivity index (χ1) is 12.1. The highest BCUT2D eigenvalue weighted by molar-refractivity contribution is 9.10. The summed E-state index contributed by atoms with van der Waals surface area (Å²) in [5.74, 6) is 2.18. The van der Waals surface area contributed by atoms with Crippen molar-refractivity contribution in [2.75, 3.05) is 33.9 Å². The van der Waals surface area contributed by atoms with Gasteiger partial charge in [0.05, 0.1) is 14.2 Å². The van der Waals surface area contributed by atoms with Crippen LogP contribution in [-0.2, 0) is 6.42 Å². The molecule has 0 heterocycles. The summed E-state index contributed by atoms with van der Waals surface area (Å²) in [6.07, 6.45) is 0.268. The van der Waals surface area contributed by atoms with Crippen LogP contribution in [0.25, 0.3) is 0 Å². The summed E-state index contributed by atoms with van der Waals surface area (Å²) in [5, 5.41) is 13.2. The molecule has 0 amide bonds. The van der Waals surface area contributed by atoms with E-state index in [1.165, 1.54) is 0 Å². The zero-order chi connectivity index (χ0) is 18.1. The Hall–Kier alpha value is -1.76. The summed E-state index contributed by atoms with van der Waals surface area (Å²) in [6, 6.07) is 13.4. The Labute approximate surface area is 157 Å². The zero-order valence-electron chi connectivity index (χ0n) is 14.5. The summed E-state index contributed by atoms with van der Waals surface area (Å²) in [4.78, 5) is 0. The molecule has 0 spiro atoms. The molecular weight excluding hydrogens is 386 g/mol. The van der Waals surface area contributed by atoms with Crippen molar-refractivity contribution in [3.63, 3.8) is 0 Å². The quantitative estimate of drug-likeness (QED) is 0.590. The van der Waals surface area contributed by atoms with Crippen LogP contribution >= 0.6 is 15.9 Å². The first-order valence-corrected chi connectivity index (χ1v) is 8.89. The number of ether oxygens (including phenoxy) is 3. The molecule has 0 aliphatic heterocycles. The van der Waals surface area contributed by atoms with Gasteiger partial charge in [0.1, 0.15) is 18.5 Å². The van der Waals surface area contributed by atoms with E-state index in [9.17, 15) is 5.11 Å². The second kappa shape index (κ2) is 10.3. The molecule has 136 valence electrons. The number of benzene rings is 2. The number of halogens is 1. The summed E-state index contributed by atoms with van der Waals surface area (Å²) < 4.78 is 17.0. The number of aliphatic hydroxyl groups excluding tert-OH is 1. The maximum atomic E-state index is 9.99. The Morgan fingerprint density at radius 2 is 1.88 bits per heavy atom. The molecule has 25 heavy (non-hydrogen) atoms. The average molecular weight is 410 g/mol. The van der Waals surface area contributed by atoms with Gasteiger partial charge in [-0.25, -0.2) is 0 Å². The minimum Gasteiger partial charge on any atom is -0.493 e. The van der Waals surface area contributed by atoms with Crippen LogP contribution in [0.3, 0.4) is 0 Å². The SMILES string of the molecule is COc1ccc(CCNC[C@@H](O)COc2cccc(Br)c2)cc1OC. The van der Waals surface area contributed by atoms with E-state index in [2.05, 4.69) is 21.2 Å². The van der Waals surface area contributed by atoms with Gasteiger partial charge in [0.15, 0.2) is 11.5 Å². The van der Waals surface area contributed by atoms with Crippen LogP contribution in [0.5, 0.6) is 17.2 Å². The molecule has 0 unspecified atom stereocenters. The van der Waals surface area contributed by atoms with Gasteiger partial charge in [-0.15, -0.1) is 0 Å². The first-order valence-electron chi connectivity index (χ1n) is 8.10. The van der Waals surface area contributed by atoms with E-state index in [4.69, 9.17) is 14.2 Å². The summed E-state index contributed by atoms with van der Waals surface area (Å²) >= 11 is 3.39. The molecule has 2 N–H and O–H groups in total. The Kier molecular flexibility index (Phi) is 8.04. The van der Waals surface area contributed by atoms with Gasteiger partial charge in [-0.05, 0) is 48.9 Å². The second-order valence-electron chi connectivity index (χ2n) is 5.57. The summed E-state index contributed by atoms with van der Waals surface area (Å²) in [5.41, 5.74) is 1.14. The maximum Gasteiger partial charge on any atom is 0.160 e. The smallest absolute Gasteiger partial charge is 0.160 e. The molecule has 0 fully saturated rings. The van der Waals surface area contributed by atoms with Crippen molar-refractivity contribution in [1.29, 1.82) is 0 Å². The molecule has 2 aromatic carbocycles. The lowest BCUT2D eigenvalue weighted by Gasteiger charge is -2.14. The van der Waals surface area contributed by atoms with Gasteiger partial charge in [0.25, 0.3) is 0 Å². The number of methoxy groups -OCH3 is 2. The molecule has 0 aliphatic rings. The fourth-order valence-corrected chi connectivity index (χ4v) is 2.72. The Bertz CT molecular complexity index is 666. The normalized spacial score (nSPS) is 11.8. The number of hydrogen-bond acceptors (Lipinski definition) is 5. The van der Waals surface area contributed by atoms with E-state index in [1.807, 2.05) is 42.5 Å². The highest BCUT2D eigenvalue weighted by Gasteiger charge is 2.07. The van der Waals surface area contributed by atoms with Crippen molar-refractivity contribution in [3.05, 3.63) is 52.5 Å². The van der Waals surface area contributed by atoms with Crippen LogP contribution < -0.4 is 19.5 Å². The van der Waals surface area contributed by atoms with Crippen LogP contribution in [-0.4, -0.2) is 45.1 Å². The van der Waals surface area contributed by atoms with Gasteiger partial charge in [-0.2, -0.15) is 0 Å². The van der Waals surface area contributed by atoms with Gasteiger partial charge in [0, 0.05) is 11.0 Å². The fourth-order valence-electron chi connectivity index (χ4n) is 2.35. The lowest BCUT2D eigenvalue weighted by Crippen LogP contribution is -2.32. The van der Waals surface area contributed by atoms with Crippen LogP contribution in [0.1, 0.15) is 5.56 Å². The third-order valence-electron chi connectivity index (χ3n) is 3.66. The predicted molar refractivity (Wildman–Crippen MR) is 102 cm³/mol. The minimum atomic E-state index is -0.565. The molecule has 1 atom stereocenters. The standard InChI is InChI=1S/C19H24BrNO4/c1-23-18-7-6-14(10-19(18)24-2)8-9-21-12-16(22)13-25-17-5-3-4-15(20)11-17/h3-7,10-11,16,21-22H,8-9,12-13H2,1-2H3/t16-/m1/s1. The second-order valence-corrected chi connectivity index (χ2v) is 6.48. The molecular formula is C19H24BrNO4. The van der Waals surface area contributed by atoms with Crippen molar-refractivity contribution in [1.82, 2.24) is 5.32 Å². The fraction of sp³-hybridized carbons (Fsp3) is 0.368. The van der Waals surface area contributed by atoms with Crippen molar-refractivity contribution < 1.29 is 19.3 Å². The van der Waals surface area contributed by atoms with Crippen LogP contribution in [0, 0.1) is 0 Å². The first kappa shape index (κ1) is 19.6. The number of rotatable bonds is 10. The van der Waals surface area contributed by atoms with Crippen LogP contribution in [0.15, 0.2) is 46.9 Å². The van der Waals surface area contributed by atoms with Crippen LogP contribution in [0.4, 0.5) is 0 Å². The Morgan fingerprint density at radius 1 is 1.08 bits per heavy atom. The monoisotopic (exact) mass is 409 g/mol. The van der Waals surface area contributed by atoms with E-state index in [-0.39, 0.29) is 6.61 Å². The summed E-state index contributed by atoms with van der Waals surface area (Å²) in [7, 11) is 3.25. The number of hydrogen-bond donors (Lipinski definition) is 2. The highest BCUT2D eigenvalue weighted by atomic mass is 79.9. The van der Waals surface area contributed by atoms with E-state index in [1.54, 1.807) is 14.2 Å². The van der Waals surface area contributed by atoms with Gasteiger partial charge >= 0.3 is 0 Å². The van der Waals surface area contributed by atoms with Crippen molar-refractivity contribution >= 4 is 15.9 Å². The summed E-state index contributed by atoms with van der Waals surface area (Å²) in [6.45, 7) is 1.48. The van der Waals surface area contributed by atoms with E-state index in [0.717, 1.165) is 40.3 Å². The molecule has 0 saturated heterocycles. The van der Waals surface area contributed by atoms with E-state index >= 15 is 0 Å². The Balaban J connectivity index is 1.68. The van der Waals surface area contributed by atoms with Gasteiger partial charge in [-0.3, -0.25) is 0 Å². The molecule has 6 heteroatoms. The van der Waals surface area contributed by atoms with Crippen LogP contribution in [0.2, 0.25) is 0 Å². The largest absolute Gasteiger partial charge is 0.493 e. The van der Waals surface area contributed by atoms with Gasteiger partial charge in [0.2, 0.25) is 0 Å². The molecule has 2 aromatic rings. The number of nitrogens with one attached hydrogen (secondary N) is 1. The third-order valence-corrected chi connectivity index (χ3v) is 4.15. The minimum absolute atomic E-state index is 0.250. The molecule has 0 aliphatic carbocycles. The van der Waals surface area contributed by atoms with E-state index < -0.39 is 6.10 Å². The lowest BCUT2D eigenvalue weighted by atomic mass is 10.1. The zero-order valence-corrected chi connectivity index (χ0v) is 16.1.